The zero-order chi connectivity index (χ0) is 16.8. The van der Waals surface area contributed by atoms with E-state index in [1.165, 1.54) is 16.3 Å². The molecule has 0 atom stereocenters. The van der Waals surface area contributed by atoms with E-state index >= 15 is 0 Å². The summed E-state index contributed by atoms with van der Waals surface area (Å²) in [7, 11) is 0. The van der Waals surface area contributed by atoms with Gasteiger partial charge < -0.3 is 15.7 Å². The first-order chi connectivity index (χ1) is 11.7. The number of benzene rings is 2. The van der Waals surface area contributed by atoms with Gasteiger partial charge in [0, 0.05) is 12.6 Å². The maximum Gasteiger partial charge on any atom is 0.191 e. The SMILES string of the molecule is CCNC(=NCc1ccc2ccccc2c1)NC1CCC(O)CC1.I. The van der Waals surface area contributed by atoms with Crippen molar-refractivity contribution in [1.82, 2.24) is 10.6 Å². The highest BCUT2D eigenvalue weighted by atomic mass is 127. The minimum atomic E-state index is -0.125. The van der Waals surface area contributed by atoms with Gasteiger partial charge >= 0.3 is 0 Å². The van der Waals surface area contributed by atoms with Gasteiger partial charge in [-0.15, -0.1) is 24.0 Å². The zero-order valence-electron chi connectivity index (χ0n) is 14.7. The van der Waals surface area contributed by atoms with Gasteiger partial charge in [0.05, 0.1) is 12.6 Å². The fraction of sp³-hybridized carbons (Fsp3) is 0.450. The number of aliphatic imine (C=N–C) groups is 1. The number of aliphatic hydroxyl groups excluding tert-OH is 1. The van der Waals surface area contributed by atoms with Gasteiger partial charge in [-0.2, -0.15) is 0 Å². The summed E-state index contributed by atoms with van der Waals surface area (Å²) in [6, 6.07) is 15.3. The van der Waals surface area contributed by atoms with Crippen molar-refractivity contribution in [2.45, 2.75) is 51.3 Å². The average Bonchev–Trinajstić information content (AvgIpc) is 2.61. The molecule has 0 spiro atoms. The van der Waals surface area contributed by atoms with Crippen molar-refractivity contribution < 1.29 is 5.11 Å². The van der Waals surface area contributed by atoms with Crippen LogP contribution in [0.3, 0.4) is 0 Å². The molecule has 2 aromatic carbocycles. The standard InChI is InChI=1S/C20H27N3O.HI/c1-2-21-20(23-18-9-11-19(24)12-10-18)22-14-15-7-8-16-5-3-4-6-17(16)13-15;/h3-8,13,18-19,24H,2,9-12,14H2,1H3,(H2,21,22,23);1H. The Morgan fingerprint density at radius 1 is 1.08 bits per heavy atom. The first kappa shape index (κ1) is 20.0. The molecule has 0 unspecified atom stereocenters. The number of hydrogen-bond donors (Lipinski definition) is 3. The van der Waals surface area contributed by atoms with Crippen molar-refractivity contribution in [2.75, 3.05) is 6.54 Å². The molecule has 0 heterocycles. The Morgan fingerprint density at radius 3 is 2.52 bits per heavy atom. The monoisotopic (exact) mass is 453 g/mol. The smallest absolute Gasteiger partial charge is 0.191 e. The second-order valence-electron chi connectivity index (χ2n) is 6.53. The minimum Gasteiger partial charge on any atom is -0.393 e. The fourth-order valence-corrected chi connectivity index (χ4v) is 3.24. The molecule has 0 saturated heterocycles. The summed E-state index contributed by atoms with van der Waals surface area (Å²) in [6.45, 7) is 3.59. The molecule has 0 amide bonds. The largest absolute Gasteiger partial charge is 0.393 e. The van der Waals surface area contributed by atoms with Gasteiger partial charge in [-0.1, -0.05) is 36.4 Å². The molecule has 0 aromatic heterocycles. The van der Waals surface area contributed by atoms with Crippen molar-refractivity contribution >= 4 is 40.7 Å². The summed E-state index contributed by atoms with van der Waals surface area (Å²) in [5.74, 6) is 0.868. The Morgan fingerprint density at radius 2 is 1.80 bits per heavy atom. The maximum atomic E-state index is 9.63. The van der Waals surface area contributed by atoms with Crippen LogP contribution in [0.15, 0.2) is 47.5 Å². The molecule has 1 saturated carbocycles. The van der Waals surface area contributed by atoms with Gasteiger partial charge in [0.15, 0.2) is 5.96 Å². The van der Waals surface area contributed by atoms with Crippen LogP contribution in [0.1, 0.15) is 38.2 Å². The third kappa shape index (κ3) is 5.85. The Labute approximate surface area is 167 Å². The van der Waals surface area contributed by atoms with E-state index in [-0.39, 0.29) is 30.1 Å². The van der Waals surface area contributed by atoms with Crippen molar-refractivity contribution in [1.29, 1.82) is 0 Å². The van der Waals surface area contributed by atoms with Crippen LogP contribution >= 0.6 is 24.0 Å². The van der Waals surface area contributed by atoms with E-state index in [0.717, 1.165) is 38.2 Å². The molecule has 136 valence electrons. The summed E-state index contributed by atoms with van der Waals surface area (Å²) in [5, 5.41) is 19.0. The van der Waals surface area contributed by atoms with Gasteiger partial charge in [-0.25, -0.2) is 4.99 Å². The third-order valence-corrected chi connectivity index (χ3v) is 4.62. The molecule has 4 nitrogen and oxygen atoms in total. The molecule has 2 aromatic rings. The molecule has 1 fully saturated rings. The number of aliphatic hydroxyl groups is 1. The number of hydrogen-bond acceptors (Lipinski definition) is 2. The van der Waals surface area contributed by atoms with E-state index in [2.05, 4.69) is 60.0 Å². The summed E-state index contributed by atoms with van der Waals surface area (Å²) >= 11 is 0. The molecule has 0 bridgehead atoms. The lowest BCUT2D eigenvalue weighted by Gasteiger charge is -2.27. The Kier molecular flexibility index (Phi) is 7.96. The van der Waals surface area contributed by atoms with Crippen LogP contribution in [-0.2, 0) is 6.54 Å². The zero-order valence-corrected chi connectivity index (χ0v) is 17.1. The summed E-state index contributed by atoms with van der Waals surface area (Å²) in [6.07, 6.45) is 3.63. The summed E-state index contributed by atoms with van der Waals surface area (Å²) in [4.78, 5) is 4.74. The van der Waals surface area contributed by atoms with E-state index in [0.29, 0.717) is 12.6 Å². The van der Waals surface area contributed by atoms with Crippen LogP contribution in [0, 0.1) is 0 Å². The molecule has 0 radical (unpaired) electrons. The highest BCUT2D eigenvalue weighted by Gasteiger charge is 2.19. The topological polar surface area (TPSA) is 56.7 Å². The van der Waals surface area contributed by atoms with Crippen LogP contribution in [-0.4, -0.2) is 29.8 Å². The molecule has 5 heteroatoms. The lowest BCUT2D eigenvalue weighted by Crippen LogP contribution is -2.45. The quantitative estimate of drug-likeness (QED) is 0.375. The molecule has 1 aliphatic carbocycles. The number of rotatable bonds is 4. The molecular weight excluding hydrogens is 425 g/mol. The van der Waals surface area contributed by atoms with Gasteiger partial charge in [-0.05, 0) is 55.0 Å². The molecule has 25 heavy (non-hydrogen) atoms. The van der Waals surface area contributed by atoms with Crippen LogP contribution in [0.25, 0.3) is 10.8 Å². The van der Waals surface area contributed by atoms with Gasteiger partial charge in [0.2, 0.25) is 0 Å². The minimum absolute atomic E-state index is 0. The number of halogens is 1. The fourth-order valence-electron chi connectivity index (χ4n) is 3.24. The van der Waals surface area contributed by atoms with Crippen molar-refractivity contribution in [2.24, 2.45) is 4.99 Å². The van der Waals surface area contributed by atoms with Gasteiger partial charge in [-0.3, -0.25) is 0 Å². The van der Waals surface area contributed by atoms with Crippen LogP contribution in [0.4, 0.5) is 0 Å². The van der Waals surface area contributed by atoms with Crippen molar-refractivity contribution in [3.05, 3.63) is 48.0 Å². The predicted molar refractivity (Wildman–Crippen MR) is 116 cm³/mol. The molecule has 3 N–H and O–H groups in total. The van der Waals surface area contributed by atoms with Crippen LogP contribution in [0.2, 0.25) is 0 Å². The Balaban J connectivity index is 0.00000225. The van der Waals surface area contributed by atoms with Crippen molar-refractivity contribution in [3.63, 3.8) is 0 Å². The first-order valence-electron chi connectivity index (χ1n) is 8.95. The molecule has 0 aliphatic heterocycles. The van der Waals surface area contributed by atoms with E-state index in [1.54, 1.807) is 0 Å². The number of guanidine groups is 1. The van der Waals surface area contributed by atoms with Gasteiger partial charge in [0.25, 0.3) is 0 Å². The normalized spacial score (nSPS) is 20.8. The van der Waals surface area contributed by atoms with Crippen molar-refractivity contribution in [3.8, 4) is 0 Å². The number of nitrogens with one attached hydrogen (secondary N) is 2. The lowest BCUT2D eigenvalue weighted by molar-refractivity contribution is 0.120. The average molecular weight is 453 g/mol. The second kappa shape index (κ2) is 9.97. The van der Waals surface area contributed by atoms with E-state index in [9.17, 15) is 5.11 Å². The third-order valence-electron chi connectivity index (χ3n) is 4.62. The highest BCUT2D eigenvalue weighted by Crippen LogP contribution is 2.18. The summed E-state index contributed by atoms with van der Waals surface area (Å²) < 4.78 is 0. The first-order valence-corrected chi connectivity index (χ1v) is 8.95. The second-order valence-corrected chi connectivity index (χ2v) is 6.53. The Bertz CT molecular complexity index is 696. The van der Waals surface area contributed by atoms with E-state index in [4.69, 9.17) is 4.99 Å². The highest BCUT2D eigenvalue weighted by molar-refractivity contribution is 14.0. The maximum absolute atomic E-state index is 9.63. The van der Waals surface area contributed by atoms with Crippen LogP contribution in [0.5, 0.6) is 0 Å². The number of fused-ring (bicyclic) bond motifs is 1. The van der Waals surface area contributed by atoms with Crippen LogP contribution < -0.4 is 10.6 Å². The number of nitrogens with zero attached hydrogens (tertiary/aromatic N) is 1. The van der Waals surface area contributed by atoms with E-state index in [1.807, 2.05) is 0 Å². The predicted octanol–water partition coefficient (Wildman–Crippen LogP) is 3.82. The Hall–Kier alpha value is -1.34. The van der Waals surface area contributed by atoms with E-state index < -0.39 is 0 Å². The molecule has 1 aliphatic rings. The lowest BCUT2D eigenvalue weighted by atomic mass is 9.93. The summed E-state index contributed by atoms with van der Waals surface area (Å²) in [5.41, 5.74) is 1.21. The molecular formula is C20H28IN3O. The molecule has 3 rings (SSSR count). The van der Waals surface area contributed by atoms with Gasteiger partial charge in [0.1, 0.15) is 0 Å².